The van der Waals surface area contributed by atoms with Crippen molar-refractivity contribution in [2.45, 2.75) is 20.4 Å². The van der Waals surface area contributed by atoms with Gasteiger partial charge in [-0.3, -0.25) is 9.59 Å². The maximum absolute atomic E-state index is 14.0. The number of pyridine rings is 1. The number of anilines is 2. The zero-order valence-electron chi connectivity index (χ0n) is 11.8. The third-order valence-corrected chi connectivity index (χ3v) is 3.10. The van der Waals surface area contributed by atoms with Crippen molar-refractivity contribution in [3.8, 4) is 0 Å². The van der Waals surface area contributed by atoms with E-state index in [4.69, 9.17) is 5.73 Å². The van der Waals surface area contributed by atoms with Crippen LogP contribution in [0.3, 0.4) is 0 Å². The first kappa shape index (κ1) is 14.8. The minimum Gasteiger partial charge on any atom is -0.399 e. The molecular formula is C15H16FN3O2. The van der Waals surface area contributed by atoms with Gasteiger partial charge in [0.2, 0.25) is 0 Å². The standard InChI is InChI=1S/C15H16FN3O2/c1-3-19-8-11(4-5-13(19)20)18-15(21)12-7-10(17)6-9(2)14(12)16/h4-8H,3,17H2,1-2H3,(H,18,21). The number of aromatic nitrogens is 1. The second kappa shape index (κ2) is 5.78. The number of carbonyl (C=O) groups is 1. The highest BCUT2D eigenvalue weighted by atomic mass is 19.1. The number of nitrogens with one attached hydrogen (secondary N) is 1. The van der Waals surface area contributed by atoms with E-state index in [2.05, 4.69) is 5.32 Å². The molecule has 3 N–H and O–H groups in total. The Bertz CT molecular complexity index is 753. The molecular weight excluding hydrogens is 273 g/mol. The van der Waals surface area contributed by atoms with Crippen LogP contribution in [0.5, 0.6) is 0 Å². The van der Waals surface area contributed by atoms with Gasteiger partial charge in [0.25, 0.3) is 11.5 Å². The Morgan fingerprint density at radius 2 is 2.10 bits per heavy atom. The Morgan fingerprint density at radius 1 is 1.38 bits per heavy atom. The number of aryl methyl sites for hydroxylation is 2. The van der Waals surface area contributed by atoms with Gasteiger partial charge < -0.3 is 15.6 Å². The van der Waals surface area contributed by atoms with Crippen molar-refractivity contribution in [1.82, 2.24) is 4.57 Å². The number of nitrogens with two attached hydrogens (primary N) is 1. The van der Waals surface area contributed by atoms with Crippen molar-refractivity contribution >= 4 is 17.3 Å². The highest BCUT2D eigenvalue weighted by Gasteiger charge is 2.15. The van der Waals surface area contributed by atoms with E-state index in [0.717, 1.165) is 0 Å². The molecule has 1 heterocycles. The Kier molecular flexibility index (Phi) is 4.07. The maximum Gasteiger partial charge on any atom is 0.258 e. The van der Waals surface area contributed by atoms with Crippen molar-refractivity contribution in [3.63, 3.8) is 0 Å². The fourth-order valence-corrected chi connectivity index (χ4v) is 2.01. The zero-order chi connectivity index (χ0) is 15.6. The van der Waals surface area contributed by atoms with E-state index >= 15 is 0 Å². The molecule has 5 nitrogen and oxygen atoms in total. The quantitative estimate of drug-likeness (QED) is 0.850. The van der Waals surface area contributed by atoms with E-state index in [1.807, 2.05) is 6.92 Å². The minimum absolute atomic E-state index is 0.123. The predicted octanol–water partition coefficient (Wildman–Crippen LogP) is 2.15. The molecule has 0 aliphatic heterocycles. The Labute approximate surface area is 121 Å². The Hall–Kier alpha value is -2.63. The van der Waals surface area contributed by atoms with Crippen LogP contribution < -0.4 is 16.6 Å². The monoisotopic (exact) mass is 289 g/mol. The Morgan fingerprint density at radius 3 is 2.76 bits per heavy atom. The summed E-state index contributed by atoms with van der Waals surface area (Å²) < 4.78 is 15.4. The van der Waals surface area contributed by atoms with Gasteiger partial charge in [0.05, 0.1) is 11.3 Å². The summed E-state index contributed by atoms with van der Waals surface area (Å²) in [4.78, 5) is 23.6. The van der Waals surface area contributed by atoms with E-state index < -0.39 is 11.7 Å². The number of carbonyl (C=O) groups excluding carboxylic acids is 1. The summed E-state index contributed by atoms with van der Waals surface area (Å²) in [5, 5.41) is 2.56. The van der Waals surface area contributed by atoms with Crippen molar-refractivity contribution < 1.29 is 9.18 Å². The summed E-state index contributed by atoms with van der Waals surface area (Å²) in [6.07, 6.45) is 1.51. The lowest BCUT2D eigenvalue weighted by molar-refractivity contribution is 0.102. The van der Waals surface area contributed by atoms with Crippen molar-refractivity contribution in [3.05, 3.63) is 57.8 Å². The summed E-state index contributed by atoms with van der Waals surface area (Å²) >= 11 is 0. The second-order valence-electron chi connectivity index (χ2n) is 4.70. The molecule has 2 aromatic rings. The first-order chi connectivity index (χ1) is 9.92. The number of hydrogen-bond donors (Lipinski definition) is 2. The number of nitrogens with zero attached hydrogens (tertiary/aromatic N) is 1. The van der Waals surface area contributed by atoms with Crippen LogP contribution in [0.1, 0.15) is 22.8 Å². The summed E-state index contributed by atoms with van der Waals surface area (Å²) in [5.74, 6) is -1.21. The van der Waals surface area contributed by atoms with Gasteiger partial charge in [-0.1, -0.05) is 0 Å². The van der Waals surface area contributed by atoms with Gasteiger partial charge in [-0.25, -0.2) is 4.39 Å². The van der Waals surface area contributed by atoms with E-state index in [-0.39, 0.29) is 11.1 Å². The van der Waals surface area contributed by atoms with Crippen LogP contribution in [0.4, 0.5) is 15.8 Å². The second-order valence-corrected chi connectivity index (χ2v) is 4.70. The zero-order valence-corrected chi connectivity index (χ0v) is 11.8. The molecule has 0 saturated heterocycles. The van der Waals surface area contributed by atoms with Crippen LogP contribution in [0, 0.1) is 12.7 Å². The SMILES string of the molecule is CCn1cc(NC(=O)c2cc(N)cc(C)c2F)ccc1=O. The van der Waals surface area contributed by atoms with Gasteiger partial charge in [0.15, 0.2) is 0 Å². The maximum atomic E-state index is 14.0. The highest BCUT2D eigenvalue weighted by molar-refractivity contribution is 6.05. The number of nitrogen functional groups attached to an aromatic ring is 1. The van der Waals surface area contributed by atoms with Crippen LogP contribution in [0.2, 0.25) is 0 Å². The van der Waals surface area contributed by atoms with Gasteiger partial charge in [0, 0.05) is 24.5 Å². The minimum atomic E-state index is -0.607. The molecule has 1 aromatic carbocycles. The molecule has 0 saturated carbocycles. The molecule has 0 atom stereocenters. The molecule has 110 valence electrons. The molecule has 0 aliphatic rings. The molecule has 2 rings (SSSR count). The molecule has 0 aliphatic carbocycles. The largest absolute Gasteiger partial charge is 0.399 e. The lowest BCUT2D eigenvalue weighted by Gasteiger charge is -2.10. The van der Waals surface area contributed by atoms with E-state index in [9.17, 15) is 14.0 Å². The third-order valence-electron chi connectivity index (χ3n) is 3.10. The van der Waals surface area contributed by atoms with Gasteiger partial charge >= 0.3 is 0 Å². The summed E-state index contributed by atoms with van der Waals surface area (Å²) in [5.41, 5.74) is 6.38. The topological polar surface area (TPSA) is 77.1 Å². The molecule has 0 unspecified atom stereocenters. The van der Waals surface area contributed by atoms with Gasteiger partial charge in [-0.2, -0.15) is 0 Å². The fraction of sp³-hybridized carbons (Fsp3) is 0.200. The average Bonchev–Trinajstić information content (AvgIpc) is 2.44. The van der Waals surface area contributed by atoms with Gasteiger partial charge in [0.1, 0.15) is 5.82 Å². The normalized spacial score (nSPS) is 10.4. The summed E-state index contributed by atoms with van der Waals surface area (Å²) in [6.45, 7) is 3.84. The smallest absolute Gasteiger partial charge is 0.258 e. The van der Waals surface area contributed by atoms with E-state index in [1.165, 1.54) is 35.0 Å². The molecule has 1 aromatic heterocycles. The van der Waals surface area contributed by atoms with Crippen LogP contribution >= 0.6 is 0 Å². The van der Waals surface area contributed by atoms with Crippen LogP contribution in [-0.2, 0) is 6.54 Å². The molecule has 21 heavy (non-hydrogen) atoms. The lowest BCUT2D eigenvalue weighted by Crippen LogP contribution is -2.20. The predicted molar refractivity (Wildman–Crippen MR) is 79.9 cm³/mol. The van der Waals surface area contributed by atoms with Gasteiger partial charge in [-0.15, -0.1) is 0 Å². The number of hydrogen-bond acceptors (Lipinski definition) is 3. The number of rotatable bonds is 3. The van der Waals surface area contributed by atoms with Crippen molar-refractivity contribution in [1.29, 1.82) is 0 Å². The number of benzene rings is 1. The summed E-state index contributed by atoms with van der Waals surface area (Å²) in [7, 11) is 0. The van der Waals surface area contributed by atoms with Crippen LogP contribution in [0.15, 0.2) is 35.3 Å². The molecule has 6 heteroatoms. The lowest BCUT2D eigenvalue weighted by atomic mass is 10.1. The Balaban J connectivity index is 2.32. The van der Waals surface area contributed by atoms with E-state index in [1.54, 1.807) is 6.92 Å². The van der Waals surface area contributed by atoms with Gasteiger partial charge in [-0.05, 0) is 37.6 Å². The molecule has 0 radical (unpaired) electrons. The van der Waals surface area contributed by atoms with Crippen molar-refractivity contribution in [2.24, 2.45) is 0 Å². The number of amides is 1. The van der Waals surface area contributed by atoms with Crippen LogP contribution in [0.25, 0.3) is 0 Å². The average molecular weight is 289 g/mol. The van der Waals surface area contributed by atoms with Crippen molar-refractivity contribution in [2.75, 3.05) is 11.1 Å². The molecule has 0 spiro atoms. The first-order valence-corrected chi connectivity index (χ1v) is 6.50. The van der Waals surface area contributed by atoms with Crippen LogP contribution in [-0.4, -0.2) is 10.5 Å². The molecule has 1 amide bonds. The highest BCUT2D eigenvalue weighted by Crippen LogP contribution is 2.18. The molecule has 0 fully saturated rings. The molecule has 0 bridgehead atoms. The van der Waals surface area contributed by atoms with E-state index in [0.29, 0.717) is 23.5 Å². The first-order valence-electron chi connectivity index (χ1n) is 6.50. The fourth-order valence-electron chi connectivity index (χ4n) is 2.01. The number of halogens is 1. The summed E-state index contributed by atoms with van der Waals surface area (Å²) in [6, 6.07) is 5.57. The third kappa shape index (κ3) is 3.10.